The minimum atomic E-state index is -1.15. The summed E-state index contributed by atoms with van der Waals surface area (Å²) >= 11 is 6.31. The predicted octanol–water partition coefficient (Wildman–Crippen LogP) is 2.81. The summed E-state index contributed by atoms with van der Waals surface area (Å²) in [5.41, 5.74) is 1.34. The first kappa shape index (κ1) is 19.0. The van der Waals surface area contributed by atoms with Crippen LogP contribution in [0.3, 0.4) is 0 Å². The highest BCUT2D eigenvalue weighted by molar-refractivity contribution is 6.31. The van der Waals surface area contributed by atoms with Crippen molar-refractivity contribution in [2.45, 2.75) is 30.8 Å². The van der Waals surface area contributed by atoms with Crippen LogP contribution in [0.1, 0.15) is 24.0 Å². The molecule has 158 valence electrons. The number of benzene rings is 2. The van der Waals surface area contributed by atoms with Crippen LogP contribution in [0.5, 0.6) is 0 Å². The Morgan fingerprint density at radius 2 is 1.87 bits per heavy atom. The van der Waals surface area contributed by atoms with E-state index >= 15 is 0 Å². The van der Waals surface area contributed by atoms with Gasteiger partial charge in [0.25, 0.3) is 0 Å². The van der Waals surface area contributed by atoms with Crippen molar-refractivity contribution >= 4 is 35.0 Å². The molecule has 0 radical (unpaired) electrons. The lowest BCUT2D eigenvalue weighted by Gasteiger charge is -2.36. The van der Waals surface area contributed by atoms with E-state index < -0.39 is 17.4 Å². The Morgan fingerprint density at radius 1 is 1.06 bits per heavy atom. The number of rotatable bonds is 3. The third kappa shape index (κ3) is 2.40. The van der Waals surface area contributed by atoms with Gasteiger partial charge in [-0.05, 0) is 49.6 Å². The van der Waals surface area contributed by atoms with Gasteiger partial charge in [0.15, 0.2) is 0 Å². The number of imide groups is 1. The number of nitrogens with zero attached hydrogens (tertiary/aromatic N) is 2. The zero-order valence-electron chi connectivity index (χ0n) is 16.9. The van der Waals surface area contributed by atoms with Gasteiger partial charge in [-0.3, -0.25) is 24.2 Å². The van der Waals surface area contributed by atoms with Crippen LogP contribution < -0.4 is 5.32 Å². The molecule has 2 aromatic carbocycles. The second-order valence-electron chi connectivity index (χ2n) is 8.88. The largest absolute Gasteiger partial charge is 0.324 e. The van der Waals surface area contributed by atoms with E-state index in [1.807, 2.05) is 30.3 Å². The molecule has 0 aliphatic carbocycles. The standard InChI is InChI=1S/C24H22ClN3O3/c25-15-8-9-17-16(13-15)24(23(31)26-17)20-19(18-7-4-11-28(18)24)21(29)27(22(20)30)12-10-14-5-2-1-3-6-14/h1-3,5-6,8-9,13,18-20H,4,7,10-12H2,(H,26,31)/t18-,19-,20+,24+/m1/s1. The summed E-state index contributed by atoms with van der Waals surface area (Å²) in [5, 5.41) is 3.49. The molecule has 4 atom stereocenters. The highest BCUT2D eigenvalue weighted by Gasteiger charge is 2.74. The summed E-state index contributed by atoms with van der Waals surface area (Å²) in [6.07, 6.45) is 2.33. The first-order valence-corrected chi connectivity index (χ1v) is 11.2. The topological polar surface area (TPSA) is 69.7 Å². The molecular formula is C24H22ClN3O3. The lowest BCUT2D eigenvalue weighted by Crippen LogP contribution is -2.54. The minimum Gasteiger partial charge on any atom is -0.324 e. The van der Waals surface area contributed by atoms with Crippen LogP contribution >= 0.6 is 11.6 Å². The number of nitrogens with one attached hydrogen (secondary N) is 1. The van der Waals surface area contributed by atoms with Gasteiger partial charge in [-0.15, -0.1) is 0 Å². The normalized spacial score (nSPS) is 31.3. The van der Waals surface area contributed by atoms with Crippen LogP contribution in [-0.4, -0.2) is 46.7 Å². The van der Waals surface area contributed by atoms with Gasteiger partial charge in [0.05, 0.1) is 11.8 Å². The van der Waals surface area contributed by atoms with Gasteiger partial charge in [0.2, 0.25) is 17.7 Å². The highest BCUT2D eigenvalue weighted by Crippen LogP contribution is 2.60. The average Bonchev–Trinajstić information content (AvgIpc) is 3.47. The van der Waals surface area contributed by atoms with Crippen LogP contribution in [0, 0.1) is 11.8 Å². The Balaban J connectivity index is 1.43. The molecule has 3 saturated heterocycles. The number of carbonyl (C=O) groups excluding carboxylic acids is 3. The molecule has 31 heavy (non-hydrogen) atoms. The fourth-order valence-electron chi connectivity index (χ4n) is 6.34. The molecule has 7 heteroatoms. The number of anilines is 1. The quantitative estimate of drug-likeness (QED) is 0.753. The molecule has 4 aliphatic heterocycles. The molecule has 3 fully saturated rings. The molecule has 6 rings (SSSR count). The Bertz CT molecular complexity index is 1120. The van der Waals surface area contributed by atoms with Crippen molar-refractivity contribution in [1.29, 1.82) is 0 Å². The van der Waals surface area contributed by atoms with Crippen molar-refractivity contribution in [2.75, 3.05) is 18.4 Å². The highest BCUT2D eigenvalue weighted by atomic mass is 35.5. The second kappa shape index (κ2) is 6.65. The Labute approximate surface area is 185 Å². The van der Waals surface area contributed by atoms with Gasteiger partial charge in [0, 0.05) is 28.9 Å². The third-order valence-corrected chi connectivity index (χ3v) is 7.75. The van der Waals surface area contributed by atoms with Crippen LogP contribution in [0.25, 0.3) is 0 Å². The van der Waals surface area contributed by atoms with Gasteiger partial charge in [-0.1, -0.05) is 41.9 Å². The van der Waals surface area contributed by atoms with Crippen LogP contribution in [0.4, 0.5) is 5.69 Å². The van der Waals surface area contributed by atoms with E-state index in [-0.39, 0.29) is 23.8 Å². The summed E-state index contributed by atoms with van der Waals surface area (Å²) < 4.78 is 0. The van der Waals surface area contributed by atoms with E-state index in [1.54, 1.807) is 18.2 Å². The van der Waals surface area contributed by atoms with Crippen LogP contribution in [0.2, 0.25) is 5.02 Å². The molecule has 1 spiro atoms. The van der Waals surface area contributed by atoms with Crippen molar-refractivity contribution < 1.29 is 14.4 Å². The number of amides is 3. The molecule has 0 aromatic heterocycles. The number of likely N-dealkylation sites (tertiary alicyclic amines) is 1. The zero-order valence-corrected chi connectivity index (χ0v) is 17.6. The summed E-state index contributed by atoms with van der Waals surface area (Å²) in [6.45, 7) is 1.03. The number of fused-ring (bicyclic) bond motifs is 7. The van der Waals surface area contributed by atoms with Crippen LogP contribution in [0.15, 0.2) is 48.5 Å². The molecule has 4 aliphatic rings. The number of carbonyl (C=O) groups is 3. The van der Waals surface area contributed by atoms with E-state index in [0.29, 0.717) is 30.2 Å². The van der Waals surface area contributed by atoms with Crippen molar-refractivity contribution in [2.24, 2.45) is 11.8 Å². The van der Waals surface area contributed by atoms with Gasteiger partial charge in [-0.25, -0.2) is 0 Å². The van der Waals surface area contributed by atoms with Gasteiger partial charge in [-0.2, -0.15) is 0 Å². The molecule has 3 amide bonds. The second-order valence-corrected chi connectivity index (χ2v) is 9.32. The fourth-order valence-corrected chi connectivity index (χ4v) is 6.51. The molecule has 0 bridgehead atoms. The number of halogens is 1. The third-order valence-electron chi connectivity index (χ3n) is 7.51. The Hall–Kier alpha value is -2.70. The molecule has 0 saturated carbocycles. The molecule has 1 N–H and O–H groups in total. The first-order chi connectivity index (χ1) is 15.0. The SMILES string of the molecule is O=C1[C@@H]2[C@H]3CCCN3[C@]3(C(=O)Nc4ccc(Cl)cc43)[C@@H]2C(=O)N1CCc1ccccc1. The summed E-state index contributed by atoms with van der Waals surface area (Å²) in [7, 11) is 0. The lowest BCUT2D eigenvalue weighted by atomic mass is 9.75. The van der Waals surface area contributed by atoms with E-state index in [0.717, 1.165) is 24.0 Å². The first-order valence-electron chi connectivity index (χ1n) is 10.8. The number of hydrogen-bond acceptors (Lipinski definition) is 4. The molecule has 4 heterocycles. The Kier molecular flexibility index (Phi) is 4.08. The predicted molar refractivity (Wildman–Crippen MR) is 115 cm³/mol. The van der Waals surface area contributed by atoms with Gasteiger partial charge < -0.3 is 5.32 Å². The maximum atomic E-state index is 13.7. The molecule has 6 nitrogen and oxygen atoms in total. The molecule has 2 aromatic rings. The smallest absolute Gasteiger partial charge is 0.250 e. The monoisotopic (exact) mass is 435 g/mol. The van der Waals surface area contributed by atoms with Crippen molar-refractivity contribution in [1.82, 2.24) is 9.80 Å². The van der Waals surface area contributed by atoms with Gasteiger partial charge in [0.1, 0.15) is 5.54 Å². The van der Waals surface area contributed by atoms with Crippen molar-refractivity contribution in [3.05, 3.63) is 64.7 Å². The molecule has 0 unspecified atom stereocenters. The fraction of sp³-hybridized carbons (Fsp3) is 0.375. The lowest BCUT2D eigenvalue weighted by molar-refractivity contribution is -0.145. The van der Waals surface area contributed by atoms with E-state index in [9.17, 15) is 14.4 Å². The van der Waals surface area contributed by atoms with Crippen molar-refractivity contribution in [3.63, 3.8) is 0 Å². The number of hydrogen-bond donors (Lipinski definition) is 1. The molecular weight excluding hydrogens is 414 g/mol. The Morgan fingerprint density at radius 3 is 2.68 bits per heavy atom. The average molecular weight is 436 g/mol. The summed E-state index contributed by atoms with van der Waals surface area (Å²) in [5.74, 6) is -1.77. The van der Waals surface area contributed by atoms with Crippen molar-refractivity contribution in [3.8, 4) is 0 Å². The summed E-state index contributed by atoms with van der Waals surface area (Å²) in [4.78, 5) is 44.3. The van der Waals surface area contributed by atoms with Crippen LogP contribution in [-0.2, 0) is 26.3 Å². The van der Waals surface area contributed by atoms with E-state index in [1.165, 1.54) is 4.90 Å². The maximum absolute atomic E-state index is 13.7. The van der Waals surface area contributed by atoms with E-state index in [4.69, 9.17) is 11.6 Å². The van der Waals surface area contributed by atoms with Gasteiger partial charge >= 0.3 is 0 Å². The summed E-state index contributed by atoms with van der Waals surface area (Å²) in [6, 6.07) is 15.1. The maximum Gasteiger partial charge on any atom is 0.250 e. The minimum absolute atomic E-state index is 0.0983. The van der Waals surface area contributed by atoms with E-state index in [2.05, 4.69) is 10.2 Å². The zero-order chi connectivity index (χ0) is 21.3.